The van der Waals surface area contributed by atoms with Crippen LogP contribution in [0.4, 0.5) is 0 Å². The van der Waals surface area contributed by atoms with E-state index in [4.69, 9.17) is 4.74 Å². The fourth-order valence-electron chi connectivity index (χ4n) is 2.59. The first-order chi connectivity index (χ1) is 7.66. The zero-order chi connectivity index (χ0) is 11.5. The van der Waals surface area contributed by atoms with E-state index in [2.05, 4.69) is 12.2 Å². The molecule has 1 aliphatic heterocycles. The third kappa shape index (κ3) is 2.74. The van der Waals surface area contributed by atoms with Crippen LogP contribution in [-0.2, 0) is 9.53 Å². The predicted octanol–water partition coefficient (Wildman–Crippen LogP) is 0.831. The van der Waals surface area contributed by atoms with Gasteiger partial charge in [-0.25, -0.2) is 0 Å². The highest BCUT2D eigenvalue weighted by Crippen LogP contribution is 2.27. The summed E-state index contributed by atoms with van der Waals surface area (Å²) < 4.78 is 5.52. The average Bonchev–Trinajstić information content (AvgIpc) is 2.68. The molecule has 0 bridgehead atoms. The van der Waals surface area contributed by atoms with Gasteiger partial charge in [-0.3, -0.25) is 4.79 Å². The molecule has 4 atom stereocenters. The maximum absolute atomic E-state index is 11.8. The summed E-state index contributed by atoms with van der Waals surface area (Å²) in [6, 6.07) is -0.302. The van der Waals surface area contributed by atoms with Crippen molar-refractivity contribution in [1.82, 2.24) is 5.32 Å². The smallest absolute Gasteiger partial charge is 0.323 e. The summed E-state index contributed by atoms with van der Waals surface area (Å²) in [6.45, 7) is 2.65. The summed E-state index contributed by atoms with van der Waals surface area (Å²) in [5, 5.41) is 12.3. The van der Waals surface area contributed by atoms with Crippen molar-refractivity contribution in [1.29, 1.82) is 0 Å². The molecule has 4 nitrogen and oxygen atoms in total. The lowest BCUT2D eigenvalue weighted by Gasteiger charge is -2.29. The second kappa shape index (κ2) is 5.15. The van der Waals surface area contributed by atoms with E-state index >= 15 is 0 Å². The molecule has 0 aromatic heterocycles. The molecule has 92 valence electrons. The fourth-order valence-corrected chi connectivity index (χ4v) is 2.59. The molecule has 1 saturated heterocycles. The van der Waals surface area contributed by atoms with Gasteiger partial charge >= 0.3 is 5.97 Å². The molecule has 4 heteroatoms. The van der Waals surface area contributed by atoms with Crippen molar-refractivity contribution < 1.29 is 14.6 Å². The number of carbonyl (C=O) groups excluding carboxylic acids is 1. The minimum absolute atomic E-state index is 0.0841. The van der Waals surface area contributed by atoms with E-state index in [1.807, 2.05) is 0 Å². The Morgan fingerprint density at radius 3 is 2.75 bits per heavy atom. The van der Waals surface area contributed by atoms with Gasteiger partial charge in [0.2, 0.25) is 0 Å². The minimum atomic E-state index is -0.402. The van der Waals surface area contributed by atoms with E-state index in [0.29, 0.717) is 18.9 Å². The topological polar surface area (TPSA) is 58.6 Å². The van der Waals surface area contributed by atoms with Gasteiger partial charge in [0.25, 0.3) is 0 Å². The zero-order valence-electron chi connectivity index (χ0n) is 9.82. The maximum Gasteiger partial charge on any atom is 0.323 e. The number of ether oxygens (including phenoxy) is 1. The van der Waals surface area contributed by atoms with Crippen molar-refractivity contribution in [2.45, 2.75) is 57.3 Å². The number of esters is 1. The Labute approximate surface area is 96.4 Å². The van der Waals surface area contributed by atoms with Crippen LogP contribution in [0.15, 0.2) is 0 Å². The first-order valence-corrected chi connectivity index (χ1v) is 6.28. The number of β-amino-alcohol motifs (C(OH)–C–C–N with tert-alkyl or cyclic N) is 1. The van der Waals surface area contributed by atoms with Gasteiger partial charge in [-0.1, -0.05) is 13.3 Å². The number of nitrogens with one attached hydrogen (secondary N) is 1. The quantitative estimate of drug-likeness (QED) is 0.686. The van der Waals surface area contributed by atoms with Crippen molar-refractivity contribution in [2.24, 2.45) is 5.92 Å². The normalized spacial score (nSPS) is 39.6. The van der Waals surface area contributed by atoms with E-state index in [1.165, 1.54) is 6.42 Å². The van der Waals surface area contributed by atoms with Crippen molar-refractivity contribution >= 4 is 5.97 Å². The molecular weight excluding hydrogens is 206 g/mol. The van der Waals surface area contributed by atoms with Crippen LogP contribution in [0.25, 0.3) is 0 Å². The van der Waals surface area contributed by atoms with Crippen LogP contribution >= 0.6 is 0 Å². The molecule has 2 N–H and O–H groups in total. The van der Waals surface area contributed by atoms with E-state index in [9.17, 15) is 9.90 Å². The molecule has 0 spiro atoms. The van der Waals surface area contributed by atoms with E-state index in [1.54, 1.807) is 0 Å². The van der Waals surface area contributed by atoms with Gasteiger partial charge in [0, 0.05) is 13.0 Å². The molecule has 1 aliphatic carbocycles. The number of rotatable bonds is 2. The Bertz CT molecular complexity index is 257. The van der Waals surface area contributed by atoms with Crippen molar-refractivity contribution in [3.63, 3.8) is 0 Å². The van der Waals surface area contributed by atoms with Gasteiger partial charge < -0.3 is 15.2 Å². The third-order valence-corrected chi connectivity index (χ3v) is 3.69. The van der Waals surface area contributed by atoms with Gasteiger partial charge in [-0.05, 0) is 25.2 Å². The van der Waals surface area contributed by atoms with Crippen molar-refractivity contribution in [3.05, 3.63) is 0 Å². The summed E-state index contributed by atoms with van der Waals surface area (Å²) in [4.78, 5) is 11.8. The molecule has 1 saturated carbocycles. The Hall–Kier alpha value is -0.610. The standard InChI is InChI=1S/C12H21NO3/c1-8-4-2-3-5-11(8)16-12(15)10-6-9(14)7-13-10/h8-11,13-14H,2-7H2,1H3/t8?,9?,10-,11?/m0/s1. The Kier molecular flexibility index (Phi) is 3.82. The summed E-state index contributed by atoms with van der Waals surface area (Å²) in [5.74, 6) is 0.291. The van der Waals surface area contributed by atoms with Gasteiger partial charge in [-0.2, -0.15) is 0 Å². The highest BCUT2D eigenvalue weighted by atomic mass is 16.5. The lowest BCUT2D eigenvalue weighted by Crippen LogP contribution is -2.37. The second-order valence-electron chi connectivity index (χ2n) is 5.09. The number of hydrogen-bond acceptors (Lipinski definition) is 4. The highest BCUT2D eigenvalue weighted by Gasteiger charge is 2.32. The van der Waals surface area contributed by atoms with Crippen LogP contribution < -0.4 is 5.32 Å². The van der Waals surface area contributed by atoms with Crippen LogP contribution in [0, 0.1) is 5.92 Å². The third-order valence-electron chi connectivity index (χ3n) is 3.69. The molecule has 16 heavy (non-hydrogen) atoms. The van der Waals surface area contributed by atoms with E-state index in [0.717, 1.165) is 19.3 Å². The first-order valence-electron chi connectivity index (χ1n) is 6.28. The molecule has 3 unspecified atom stereocenters. The predicted molar refractivity (Wildman–Crippen MR) is 59.9 cm³/mol. The van der Waals surface area contributed by atoms with Crippen LogP contribution in [0.1, 0.15) is 39.0 Å². The first kappa shape index (κ1) is 11.9. The van der Waals surface area contributed by atoms with E-state index < -0.39 is 6.10 Å². The second-order valence-corrected chi connectivity index (χ2v) is 5.09. The van der Waals surface area contributed by atoms with Gasteiger partial charge in [-0.15, -0.1) is 0 Å². The van der Waals surface area contributed by atoms with E-state index in [-0.39, 0.29) is 18.1 Å². The zero-order valence-corrected chi connectivity index (χ0v) is 9.82. The summed E-state index contributed by atoms with van der Waals surface area (Å²) in [7, 11) is 0. The molecule has 0 radical (unpaired) electrons. The molecule has 0 aromatic rings. The molecule has 2 aliphatic rings. The number of aliphatic hydroxyl groups is 1. The largest absolute Gasteiger partial charge is 0.461 e. The van der Waals surface area contributed by atoms with Crippen molar-refractivity contribution in [2.75, 3.05) is 6.54 Å². The lowest BCUT2D eigenvalue weighted by molar-refractivity contribution is -0.155. The van der Waals surface area contributed by atoms with Crippen LogP contribution in [-0.4, -0.2) is 35.9 Å². The van der Waals surface area contributed by atoms with Crippen LogP contribution in [0.3, 0.4) is 0 Å². The summed E-state index contributed by atoms with van der Waals surface area (Å²) >= 11 is 0. The minimum Gasteiger partial charge on any atom is -0.461 e. The Balaban J connectivity index is 1.82. The molecule has 0 aromatic carbocycles. The molecule has 0 amide bonds. The van der Waals surface area contributed by atoms with Gasteiger partial charge in [0.05, 0.1) is 6.10 Å². The molecule has 2 fully saturated rings. The van der Waals surface area contributed by atoms with Gasteiger partial charge in [0.15, 0.2) is 0 Å². The Morgan fingerprint density at radius 1 is 1.38 bits per heavy atom. The van der Waals surface area contributed by atoms with Crippen LogP contribution in [0.5, 0.6) is 0 Å². The summed E-state index contributed by atoms with van der Waals surface area (Å²) in [5.41, 5.74) is 0. The Morgan fingerprint density at radius 2 is 2.12 bits per heavy atom. The number of hydrogen-bond donors (Lipinski definition) is 2. The fraction of sp³-hybridized carbons (Fsp3) is 0.917. The molecule has 2 rings (SSSR count). The van der Waals surface area contributed by atoms with Crippen LogP contribution in [0.2, 0.25) is 0 Å². The molecular formula is C12H21NO3. The van der Waals surface area contributed by atoms with Gasteiger partial charge in [0.1, 0.15) is 12.1 Å². The van der Waals surface area contributed by atoms with Crippen molar-refractivity contribution in [3.8, 4) is 0 Å². The number of aliphatic hydroxyl groups excluding tert-OH is 1. The lowest BCUT2D eigenvalue weighted by atomic mass is 9.88. The monoisotopic (exact) mass is 227 g/mol. The number of carbonyl (C=O) groups is 1. The SMILES string of the molecule is CC1CCCCC1OC(=O)[C@@H]1CC(O)CN1. The maximum atomic E-state index is 11.8. The highest BCUT2D eigenvalue weighted by molar-refractivity contribution is 5.76. The summed E-state index contributed by atoms with van der Waals surface area (Å²) in [6.07, 6.45) is 4.71. The average molecular weight is 227 g/mol. The molecule has 1 heterocycles.